The van der Waals surface area contributed by atoms with Crippen molar-refractivity contribution in [2.75, 3.05) is 6.54 Å². The predicted molar refractivity (Wildman–Crippen MR) is 82.4 cm³/mol. The van der Waals surface area contributed by atoms with Gasteiger partial charge < -0.3 is 9.84 Å². The Labute approximate surface area is 125 Å². The van der Waals surface area contributed by atoms with E-state index in [9.17, 15) is 4.79 Å². The Morgan fingerprint density at radius 2 is 2.05 bits per heavy atom. The number of amides is 1. The van der Waals surface area contributed by atoms with Gasteiger partial charge >= 0.3 is 0 Å². The number of rotatable bonds is 6. The van der Waals surface area contributed by atoms with Gasteiger partial charge in [0.2, 0.25) is 0 Å². The molecule has 0 radical (unpaired) electrons. The number of benzene rings is 1. The number of carbonyl (C=O) groups is 1. The molecule has 2 aromatic rings. The maximum absolute atomic E-state index is 12.2. The van der Waals surface area contributed by atoms with Gasteiger partial charge in [-0.1, -0.05) is 49.3 Å². The zero-order chi connectivity index (χ0) is 15.2. The maximum atomic E-state index is 12.2. The smallest absolute Gasteiger partial charge is 0.256 e. The summed E-state index contributed by atoms with van der Waals surface area (Å²) in [7, 11) is 0. The zero-order valence-electron chi connectivity index (χ0n) is 12.8. The van der Waals surface area contributed by atoms with Crippen LogP contribution >= 0.6 is 0 Å². The van der Waals surface area contributed by atoms with Crippen molar-refractivity contribution >= 4 is 5.91 Å². The summed E-state index contributed by atoms with van der Waals surface area (Å²) in [6.07, 6.45) is 1.60. The van der Waals surface area contributed by atoms with Gasteiger partial charge in [0, 0.05) is 6.54 Å². The summed E-state index contributed by atoms with van der Waals surface area (Å²) in [6, 6.07) is 10.3. The molecule has 0 bridgehead atoms. The van der Waals surface area contributed by atoms with Crippen molar-refractivity contribution < 1.29 is 9.32 Å². The molecule has 112 valence electrons. The molecule has 1 amide bonds. The van der Waals surface area contributed by atoms with Crippen LogP contribution in [0.5, 0.6) is 0 Å². The minimum absolute atomic E-state index is 0.0918. The van der Waals surface area contributed by atoms with Gasteiger partial charge in [0.25, 0.3) is 5.91 Å². The first kappa shape index (κ1) is 15.3. The van der Waals surface area contributed by atoms with E-state index in [1.807, 2.05) is 25.1 Å². The molecule has 0 aliphatic carbocycles. The lowest BCUT2D eigenvalue weighted by Crippen LogP contribution is -2.26. The summed E-state index contributed by atoms with van der Waals surface area (Å²) in [5, 5.41) is 6.87. The largest absolute Gasteiger partial charge is 0.361 e. The normalized spacial score (nSPS) is 12.1. The Kier molecular flexibility index (Phi) is 5.14. The lowest BCUT2D eigenvalue weighted by atomic mass is 9.98. The van der Waals surface area contributed by atoms with Crippen LogP contribution in [0.15, 0.2) is 34.9 Å². The molecule has 0 saturated heterocycles. The molecule has 4 nitrogen and oxygen atoms in total. The molecule has 0 saturated carbocycles. The number of aromatic nitrogens is 1. The first-order valence-corrected chi connectivity index (χ1v) is 7.41. The first-order chi connectivity index (χ1) is 10.1. The third-order valence-electron chi connectivity index (χ3n) is 3.73. The minimum Gasteiger partial charge on any atom is -0.361 e. The second-order valence-corrected chi connectivity index (χ2v) is 5.27. The van der Waals surface area contributed by atoms with E-state index in [-0.39, 0.29) is 5.91 Å². The summed E-state index contributed by atoms with van der Waals surface area (Å²) >= 11 is 0. The lowest BCUT2D eigenvalue weighted by molar-refractivity contribution is 0.0950. The van der Waals surface area contributed by atoms with Crippen LogP contribution in [-0.4, -0.2) is 17.6 Å². The Morgan fingerprint density at radius 1 is 1.33 bits per heavy atom. The summed E-state index contributed by atoms with van der Waals surface area (Å²) in [5.74, 6) is 0.909. The molecular weight excluding hydrogens is 264 g/mol. The molecule has 1 heterocycles. The highest BCUT2D eigenvalue weighted by Gasteiger charge is 2.18. The molecule has 2 rings (SSSR count). The van der Waals surface area contributed by atoms with Crippen LogP contribution in [0.3, 0.4) is 0 Å². The van der Waals surface area contributed by atoms with Gasteiger partial charge in [-0.3, -0.25) is 4.79 Å². The number of hydrogen-bond acceptors (Lipinski definition) is 3. The van der Waals surface area contributed by atoms with Gasteiger partial charge in [-0.2, -0.15) is 0 Å². The molecule has 0 unspecified atom stereocenters. The summed E-state index contributed by atoms with van der Waals surface area (Å²) in [6.45, 7) is 6.55. The minimum atomic E-state index is -0.0918. The van der Waals surface area contributed by atoms with Crippen molar-refractivity contribution in [3.63, 3.8) is 0 Å². The lowest BCUT2D eigenvalue weighted by Gasteiger charge is -2.12. The van der Waals surface area contributed by atoms with Crippen LogP contribution in [0, 0.1) is 6.92 Å². The van der Waals surface area contributed by atoms with Gasteiger partial charge in [0.15, 0.2) is 0 Å². The molecular formula is C17H22N2O2. The second kappa shape index (κ2) is 7.07. The molecule has 1 aromatic heterocycles. The topological polar surface area (TPSA) is 55.1 Å². The highest BCUT2D eigenvalue weighted by atomic mass is 16.5. The fourth-order valence-corrected chi connectivity index (χ4v) is 2.39. The van der Waals surface area contributed by atoms with Crippen molar-refractivity contribution in [1.29, 1.82) is 0 Å². The summed E-state index contributed by atoms with van der Waals surface area (Å²) in [4.78, 5) is 12.2. The van der Waals surface area contributed by atoms with Crippen molar-refractivity contribution in [3.05, 3.63) is 52.9 Å². The van der Waals surface area contributed by atoms with E-state index in [2.05, 4.69) is 29.5 Å². The monoisotopic (exact) mass is 286 g/mol. The predicted octanol–water partition coefficient (Wildman–Crippen LogP) is 3.47. The Hall–Kier alpha value is -2.10. The van der Waals surface area contributed by atoms with Gasteiger partial charge in [-0.15, -0.1) is 0 Å². The highest BCUT2D eigenvalue weighted by Crippen LogP contribution is 2.18. The zero-order valence-corrected chi connectivity index (χ0v) is 12.8. The van der Waals surface area contributed by atoms with Crippen molar-refractivity contribution in [3.8, 4) is 0 Å². The van der Waals surface area contributed by atoms with Crippen molar-refractivity contribution in [2.24, 2.45) is 0 Å². The van der Waals surface area contributed by atoms with Crippen LogP contribution in [0.4, 0.5) is 0 Å². The molecule has 0 spiro atoms. The molecule has 0 aliphatic heterocycles. The van der Waals surface area contributed by atoms with E-state index in [0.29, 0.717) is 30.2 Å². The summed E-state index contributed by atoms with van der Waals surface area (Å²) < 4.78 is 5.09. The Morgan fingerprint density at radius 3 is 2.71 bits per heavy atom. The number of aryl methyl sites for hydroxylation is 2. The standard InChI is InChI=1S/C17H22N2O2/c1-4-15-16(13(3)21-19-15)17(20)18-11-10-12(2)14-8-6-5-7-9-14/h5-9,12H,4,10-11H2,1-3H3,(H,18,20)/t12-/m1/s1. The van der Waals surface area contributed by atoms with Crippen LogP contribution in [0.2, 0.25) is 0 Å². The average Bonchev–Trinajstić information content (AvgIpc) is 2.89. The van der Waals surface area contributed by atoms with E-state index in [4.69, 9.17) is 4.52 Å². The third-order valence-corrected chi connectivity index (χ3v) is 3.73. The molecule has 4 heteroatoms. The van der Waals surface area contributed by atoms with Crippen molar-refractivity contribution in [1.82, 2.24) is 10.5 Å². The Balaban J connectivity index is 1.89. The van der Waals surface area contributed by atoms with E-state index < -0.39 is 0 Å². The molecule has 1 aromatic carbocycles. The molecule has 1 N–H and O–H groups in total. The molecule has 21 heavy (non-hydrogen) atoms. The van der Waals surface area contributed by atoms with E-state index in [0.717, 1.165) is 12.1 Å². The van der Waals surface area contributed by atoms with Crippen LogP contribution in [0.25, 0.3) is 0 Å². The maximum Gasteiger partial charge on any atom is 0.256 e. The average molecular weight is 286 g/mol. The quantitative estimate of drug-likeness (QED) is 0.884. The van der Waals surface area contributed by atoms with E-state index in [1.165, 1.54) is 5.56 Å². The fourth-order valence-electron chi connectivity index (χ4n) is 2.39. The Bertz CT molecular complexity index is 590. The van der Waals surface area contributed by atoms with E-state index >= 15 is 0 Å². The number of carbonyl (C=O) groups excluding carboxylic acids is 1. The first-order valence-electron chi connectivity index (χ1n) is 7.41. The van der Waals surface area contributed by atoms with Crippen molar-refractivity contribution in [2.45, 2.75) is 39.5 Å². The highest BCUT2D eigenvalue weighted by molar-refractivity contribution is 5.96. The van der Waals surface area contributed by atoms with Gasteiger partial charge in [-0.25, -0.2) is 0 Å². The third kappa shape index (κ3) is 3.72. The van der Waals surface area contributed by atoms with Gasteiger partial charge in [0.05, 0.1) is 5.69 Å². The van der Waals surface area contributed by atoms with Gasteiger partial charge in [-0.05, 0) is 31.2 Å². The SMILES string of the molecule is CCc1noc(C)c1C(=O)NCC[C@@H](C)c1ccccc1. The van der Waals surface area contributed by atoms with E-state index in [1.54, 1.807) is 6.92 Å². The molecule has 0 aliphatic rings. The van der Waals surface area contributed by atoms with Crippen LogP contribution < -0.4 is 5.32 Å². The van der Waals surface area contributed by atoms with Crippen LogP contribution in [0.1, 0.15) is 53.6 Å². The number of hydrogen-bond donors (Lipinski definition) is 1. The summed E-state index contributed by atoms with van der Waals surface area (Å²) in [5.41, 5.74) is 2.60. The number of nitrogens with zero attached hydrogens (tertiary/aromatic N) is 1. The van der Waals surface area contributed by atoms with Gasteiger partial charge in [0.1, 0.15) is 11.3 Å². The fraction of sp³-hybridized carbons (Fsp3) is 0.412. The molecule has 0 fully saturated rings. The van der Waals surface area contributed by atoms with Crippen LogP contribution in [-0.2, 0) is 6.42 Å². The molecule has 1 atom stereocenters. The second-order valence-electron chi connectivity index (χ2n) is 5.27. The number of nitrogens with one attached hydrogen (secondary N) is 1.